The molecule has 8 heteroatoms. The lowest BCUT2D eigenvalue weighted by Gasteiger charge is -2.32. The van der Waals surface area contributed by atoms with E-state index in [9.17, 15) is 18.0 Å². The smallest absolute Gasteiger partial charge is 0.398 e. The van der Waals surface area contributed by atoms with E-state index in [4.69, 9.17) is 10.5 Å². The Morgan fingerprint density at radius 1 is 1.14 bits per heavy atom. The number of hydrogen-bond acceptors (Lipinski definition) is 4. The summed E-state index contributed by atoms with van der Waals surface area (Å²) in [5, 5.41) is 3.66. The number of halogens is 3. The normalized spacial score (nSPS) is 25.8. The van der Waals surface area contributed by atoms with Crippen molar-refractivity contribution in [3.8, 4) is 0 Å². The summed E-state index contributed by atoms with van der Waals surface area (Å²) in [7, 11) is 0. The number of rotatable bonds is 3. The lowest BCUT2D eigenvalue weighted by molar-refractivity contribution is -0.137. The van der Waals surface area contributed by atoms with Gasteiger partial charge in [-0.2, -0.15) is 13.2 Å². The fourth-order valence-electron chi connectivity index (χ4n) is 4.90. The summed E-state index contributed by atoms with van der Waals surface area (Å²) in [4.78, 5) is 14.8. The molecular weight excluding hydrogens is 383 g/mol. The molecular formula is C21H28F3N3O2. The number of ether oxygens (including phenoxy) is 1. The zero-order valence-corrected chi connectivity index (χ0v) is 16.4. The van der Waals surface area contributed by atoms with Crippen LogP contribution in [0.1, 0.15) is 48.8 Å². The van der Waals surface area contributed by atoms with E-state index in [0.29, 0.717) is 30.6 Å². The molecule has 29 heavy (non-hydrogen) atoms. The predicted molar refractivity (Wildman–Crippen MR) is 103 cm³/mol. The topological polar surface area (TPSA) is 67.6 Å². The molecule has 2 unspecified atom stereocenters. The number of carbonyl (C=O) groups excluding carboxylic acids is 1. The van der Waals surface area contributed by atoms with E-state index in [1.807, 2.05) is 0 Å². The highest BCUT2D eigenvalue weighted by Gasteiger charge is 2.36. The Balaban J connectivity index is 1.39. The highest BCUT2D eigenvalue weighted by molar-refractivity contribution is 5.79. The number of nitrogens with one attached hydrogen (secondary N) is 1. The third kappa shape index (κ3) is 4.53. The lowest BCUT2D eigenvalue weighted by Crippen LogP contribution is -2.42. The van der Waals surface area contributed by atoms with Gasteiger partial charge >= 0.3 is 6.18 Å². The van der Waals surface area contributed by atoms with Crippen LogP contribution in [0.2, 0.25) is 0 Å². The van der Waals surface area contributed by atoms with Crippen molar-refractivity contribution in [2.75, 3.05) is 25.5 Å². The molecule has 2 fully saturated rings. The van der Waals surface area contributed by atoms with Gasteiger partial charge in [0.2, 0.25) is 5.91 Å². The number of benzene rings is 1. The first-order chi connectivity index (χ1) is 13.8. The molecule has 0 spiro atoms. The highest BCUT2D eigenvalue weighted by Crippen LogP contribution is 2.36. The number of hydrogen-bond donors (Lipinski definition) is 2. The Labute approximate surface area is 168 Å². The summed E-state index contributed by atoms with van der Waals surface area (Å²) >= 11 is 0. The first-order valence-electron chi connectivity index (χ1n) is 10.4. The molecule has 4 rings (SSSR count). The second kappa shape index (κ2) is 8.14. The quantitative estimate of drug-likeness (QED) is 0.750. The number of nitrogens with two attached hydrogens (primary N) is 1. The molecule has 0 aromatic heterocycles. The Morgan fingerprint density at radius 2 is 1.90 bits per heavy atom. The largest absolute Gasteiger partial charge is 0.416 e. The van der Waals surface area contributed by atoms with Crippen LogP contribution in [0.5, 0.6) is 0 Å². The van der Waals surface area contributed by atoms with E-state index in [1.165, 1.54) is 0 Å². The second-order valence-corrected chi connectivity index (χ2v) is 8.47. The van der Waals surface area contributed by atoms with Gasteiger partial charge < -0.3 is 20.7 Å². The van der Waals surface area contributed by atoms with Crippen molar-refractivity contribution in [1.82, 2.24) is 10.2 Å². The second-order valence-electron chi connectivity index (χ2n) is 8.47. The van der Waals surface area contributed by atoms with Gasteiger partial charge in [-0.25, -0.2) is 0 Å². The van der Waals surface area contributed by atoms with Crippen molar-refractivity contribution in [3.63, 3.8) is 0 Å². The van der Waals surface area contributed by atoms with Crippen LogP contribution < -0.4 is 11.1 Å². The molecule has 2 aliphatic heterocycles. The highest BCUT2D eigenvalue weighted by atomic mass is 19.4. The minimum atomic E-state index is -4.44. The third-order valence-electron chi connectivity index (χ3n) is 6.48. The summed E-state index contributed by atoms with van der Waals surface area (Å²) in [6, 6.07) is 2.93. The van der Waals surface area contributed by atoms with Gasteiger partial charge in [0.1, 0.15) is 0 Å². The SMILES string of the molecule is Nc1cc(C(F)(F)F)cc2c1CCN(C(=O)C1CCC(NC3CCOCC3)C1)C2. The van der Waals surface area contributed by atoms with Crippen LogP contribution in [-0.2, 0) is 28.7 Å². The summed E-state index contributed by atoms with van der Waals surface area (Å²) in [6.07, 6.45) is 0.648. The molecule has 1 amide bonds. The van der Waals surface area contributed by atoms with Crippen LogP contribution >= 0.6 is 0 Å². The fourth-order valence-corrected chi connectivity index (χ4v) is 4.90. The number of alkyl halides is 3. The predicted octanol–water partition coefficient (Wildman–Crippen LogP) is 3.11. The monoisotopic (exact) mass is 411 g/mol. The van der Waals surface area contributed by atoms with Gasteiger partial charge in [-0.05, 0) is 61.8 Å². The third-order valence-corrected chi connectivity index (χ3v) is 6.48. The average molecular weight is 411 g/mol. The van der Waals surface area contributed by atoms with Crippen LogP contribution in [0, 0.1) is 5.92 Å². The molecule has 3 aliphatic rings. The number of nitrogens with zero attached hydrogens (tertiary/aromatic N) is 1. The Hall–Kier alpha value is -1.80. The van der Waals surface area contributed by atoms with Crippen molar-refractivity contribution < 1.29 is 22.7 Å². The van der Waals surface area contributed by atoms with Crippen molar-refractivity contribution >= 4 is 11.6 Å². The lowest BCUT2D eigenvalue weighted by atomic mass is 9.94. The van der Waals surface area contributed by atoms with E-state index in [0.717, 1.165) is 63.0 Å². The zero-order valence-electron chi connectivity index (χ0n) is 16.4. The summed E-state index contributed by atoms with van der Waals surface area (Å²) in [5.74, 6) is -0.0000491. The van der Waals surface area contributed by atoms with Crippen LogP contribution in [0.25, 0.3) is 0 Å². The van der Waals surface area contributed by atoms with Gasteiger partial charge in [0.25, 0.3) is 0 Å². The standard InChI is InChI=1S/C21H28F3N3O2/c22-21(23,24)15-9-14-12-27(6-3-18(14)19(25)11-15)20(28)13-1-2-17(10-13)26-16-4-7-29-8-5-16/h9,11,13,16-17,26H,1-8,10,12,25H2. The fraction of sp³-hybridized carbons (Fsp3) is 0.667. The van der Waals surface area contributed by atoms with Crippen LogP contribution in [-0.4, -0.2) is 42.6 Å². The molecule has 1 aliphatic carbocycles. The average Bonchev–Trinajstić information content (AvgIpc) is 3.15. The van der Waals surface area contributed by atoms with Crippen LogP contribution in [0.15, 0.2) is 12.1 Å². The maximum atomic E-state index is 13.1. The molecule has 5 nitrogen and oxygen atoms in total. The van der Waals surface area contributed by atoms with E-state index >= 15 is 0 Å². The van der Waals surface area contributed by atoms with Crippen LogP contribution in [0.4, 0.5) is 18.9 Å². The maximum Gasteiger partial charge on any atom is 0.416 e. The van der Waals surface area contributed by atoms with Gasteiger partial charge in [0.15, 0.2) is 0 Å². The van der Waals surface area contributed by atoms with E-state index in [-0.39, 0.29) is 24.1 Å². The summed E-state index contributed by atoms with van der Waals surface area (Å²) in [5.41, 5.74) is 6.56. The van der Waals surface area contributed by atoms with Gasteiger partial charge in [-0.3, -0.25) is 4.79 Å². The molecule has 1 saturated carbocycles. The Bertz CT molecular complexity index is 762. The number of nitrogen functional groups attached to an aromatic ring is 1. The number of fused-ring (bicyclic) bond motifs is 1. The minimum Gasteiger partial charge on any atom is -0.398 e. The van der Waals surface area contributed by atoms with E-state index in [1.54, 1.807) is 4.90 Å². The van der Waals surface area contributed by atoms with Gasteiger partial charge in [0.05, 0.1) is 5.56 Å². The first kappa shape index (κ1) is 20.5. The van der Waals surface area contributed by atoms with Crippen LogP contribution in [0.3, 0.4) is 0 Å². The molecule has 1 aromatic rings. The minimum absolute atomic E-state index is 0.0583. The number of anilines is 1. The molecule has 160 valence electrons. The maximum absolute atomic E-state index is 13.1. The Morgan fingerprint density at radius 3 is 2.62 bits per heavy atom. The zero-order chi connectivity index (χ0) is 20.6. The molecule has 1 aromatic carbocycles. The number of carbonyl (C=O) groups is 1. The van der Waals surface area contributed by atoms with Crippen molar-refractivity contribution in [2.45, 2.75) is 63.3 Å². The molecule has 1 saturated heterocycles. The van der Waals surface area contributed by atoms with E-state index in [2.05, 4.69) is 5.32 Å². The van der Waals surface area contributed by atoms with Crippen molar-refractivity contribution in [3.05, 3.63) is 28.8 Å². The van der Waals surface area contributed by atoms with Crippen molar-refractivity contribution in [1.29, 1.82) is 0 Å². The van der Waals surface area contributed by atoms with Crippen molar-refractivity contribution in [2.24, 2.45) is 5.92 Å². The van der Waals surface area contributed by atoms with E-state index < -0.39 is 11.7 Å². The number of amides is 1. The molecule has 2 heterocycles. The summed E-state index contributed by atoms with van der Waals surface area (Å²) in [6.45, 7) is 2.28. The molecule has 2 atom stereocenters. The van der Waals surface area contributed by atoms with Gasteiger partial charge in [-0.1, -0.05) is 0 Å². The summed E-state index contributed by atoms with van der Waals surface area (Å²) < 4.78 is 44.8. The first-order valence-corrected chi connectivity index (χ1v) is 10.4. The molecule has 0 bridgehead atoms. The molecule has 0 radical (unpaired) electrons. The Kier molecular flexibility index (Phi) is 5.75. The van der Waals surface area contributed by atoms with Gasteiger partial charge in [-0.15, -0.1) is 0 Å². The molecule has 3 N–H and O–H groups in total. The van der Waals surface area contributed by atoms with Gasteiger partial charge in [0, 0.05) is 50.0 Å².